The number of thiophene rings is 1. The van der Waals surface area contributed by atoms with Crippen LogP contribution < -0.4 is 5.32 Å². The van der Waals surface area contributed by atoms with Gasteiger partial charge < -0.3 is 10.1 Å². The average Bonchev–Trinajstić information content (AvgIpc) is 2.88. The number of anilines is 1. The zero-order valence-electron chi connectivity index (χ0n) is 9.98. The van der Waals surface area contributed by atoms with E-state index in [-0.39, 0.29) is 0 Å². The van der Waals surface area contributed by atoms with Crippen molar-refractivity contribution in [3.05, 3.63) is 52.2 Å². The molecular formula is C14H17NOS. The summed E-state index contributed by atoms with van der Waals surface area (Å²) in [5.74, 6) is 0. The zero-order valence-corrected chi connectivity index (χ0v) is 10.8. The molecule has 0 atom stereocenters. The quantitative estimate of drug-likeness (QED) is 0.843. The lowest BCUT2D eigenvalue weighted by Crippen LogP contribution is -2.03. The molecule has 1 N–H and O–H groups in total. The molecule has 0 aliphatic carbocycles. The van der Waals surface area contributed by atoms with Crippen LogP contribution in [0.5, 0.6) is 0 Å². The van der Waals surface area contributed by atoms with Crippen LogP contribution in [0.2, 0.25) is 0 Å². The highest BCUT2D eigenvalue weighted by molar-refractivity contribution is 7.07. The zero-order chi connectivity index (χ0) is 11.9. The van der Waals surface area contributed by atoms with Crippen LogP contribution >= 0.6 is 11.3 Å². The summed E-state index contributed by atoms with van der Waals surface area (Å²) in [5.41, 5.74) is 3.84. The first-order chi connectivity index (χ1) is 8.40. The maximum Gasteiger partial charge on any atom is 0.0503 e. The smallest absolute Gasteiger partial charge is 0.0503 e. The lowest BCUT2D eigenvalue weighted by molar-refractivity contribution is 0.202. The van der Waals surface area contributed by atoms with E-state index in [0.717, 1.165) is 19.6 Å². The van der Waals surface area contributed by atoms with Crippen molar-refractivity contribution in [1.29, 1.82) is 0 Å². The van der Waals surface area contributed by atoms with Gasteiger partial charge in [0.1, 0.15) is 0 Å². The number of nitrogens with one attached hydrogen (secondary N) is 1. The number of hydrogen-bond acceptors (Lipinski definition) is 3. The third-order valence-corrected chi connectivity index (χ3v) is 3.39. The van der Waals surface area contributed by atoms with Gasteiger partial charge in [-0.3, -0.25) is 0 Å². The average molecular weight is 247 g/mol. The SMILES string of the molecule is COCCc1ccccc1NCc1ccsc1. The van der Waals surface area contributed by atoms with Crippen molar-refractivity contribution in [2.75, 3.05) is 19.0 Å². The number of methoxy groups -OCH3 is 1. The molecule has 0 aliphatic heterocycles. The van der Waals surface area contributed by atoms with Gasteiger partial charge in [-0.15, -0.1) is 0 Å². The third kappa shape index (κ3) is 3.58. The van der Waals surface area contributed by atoms with Crippen LogP contribution in [0.4, 0.5) is 5.69 Å². The number of benzene rings is 1. The summed E-state index contributed by atoms with van der Waals surface area (Å²) < 4.78 is 5.13. The molecule has 0 spiro atoms. The van der Waals surface area contributed by atoms with Crippen LogP contribution in [0.3, 0.4) is 0 Å². The number of ether oxygens (including phenoxy) is 1. The monoisotopic (exact) mass is 247 g/mol. The van der Waals surface area contributed by atoms with Gasteiger partial charge in [0.25, 0.3) is 0 Å². The molecule has 1 heterocycles. The molecule has 0 fully saturated rings. The lowest BCUT2D eigenvalue weighted by atomic mass is 10.1. The van der Waals surface area contributed by atoms with Crippen LogP contribution in [-0.4, -0.2) is 13.7 Å². The Bertz CT molecular complexity index is 439. The first-order valence-corrected chi connectivity index (χ1v) is 6.66. The summed E-state index contributed by atoms with van der Waals surface area (Å²) in [5, 5.41) is 7.75. The topological polar surface area (TPSA) is 21.3 Å². The molecule has 90 valence electrons. The molecule has 2 nitrogen and oxygen atoms in total. The van der Waals surface area contributed by atoms with Crippen LogP contribution in [0.1, 0.15) is 11.1 Å². The second-order valence-corrected chi connectivity index (χ2v) is 4.67. The molecule has 2 rings (SSSR count). The summed E-state index contributed by atoms with van der Waals surface area (Å²) in [4.78, 5) is 0. The first-order valence-electron chi connectivity index (χ1n) is 5.72. The molecule has 0 unspecified atom stereocenters. The predicted octanol–water partition coefficient (Wildman–Crippen LogP) is 3.55. The molecule has 0 bridgehead atoms. The van der Waals surface area contributed by atoms with Crippen LogP contribution in [0, 0.1) is 0 Å². The highest BCUT2D eigenvalue weighted by Crippen LogP contribution is 2.17. The van der Waals surface area contributed by atoms with Crippen LogP contribution in [0.25, 0.3) is 0 Å². The van der Waals surface area contributed by atoms with Crippen LogP contribution in [0.15, 0.2) is 41.1 Å². The van der Waals surface area contributed by atoms with Crippen molar-refractivity contribution in [3.63, 3.8) is 0 Å². The highest BCUT2D eigenvalue weighted by atomic mass is 32.1. The van der Waals surface area contributed by atoms with E-state index < -0.39 is 0 Å². The molecule has 17 heavy (non-hydrogen) atoms. The number of rotatable bonds is 6. The molecule has 0 amide bonds. The molecule has 0 saturated heterocycles. The fourth-order valence-electron chi connectivity index (χ4n) is 1.71. The molecule has 0 radical (unpaired) electrons. The second-order valence-electron chi connectivity index (χ2n) is 3.89. The number of para-hydroxylation sites is 1. The normalized spacial score (nSPS) is 10.4. The maximum atomic E-state index is 5.13. The molecule has 0 saturated carbocycles. The molecule has 3 heteroatoms. The van der Waals surface area contributed by atoms with Gasteiger partial charge in [-0.25, -0.2) is 0 Å². The Morgan fingerprint density at radius 1 is 1.24 bits per heavy atom. The highest BCUT2D eigenvalue weighted by Gasteiger charge is 2.01. The summed E-state index contributed by atoms with van der Waals surface area (Å²) in [7, 11) is 1.74. The Labute approximate surface area is 106 Å². The van der Waals surface area contributed by atoms with E-state index in [0.29, 0.717) is 0 Å². The van der Waals surface area contributed by atoms with Gasteiger partial charge in [0.15, 0.2) is 0 Å². The van der Waals surface area contributed by atoms with Gasteiger partial charge in [-0.05, 0) is 40.4 Å². The summed E-state index contributed by atoms with van der Waals surface area (Å²) in [6, 6.07) is 10.6. The Kier molecular flexibility index (Phi) is 4.59. The van der Waals surface area contributed by atoms with Gasteiger partial charge in [0.2, 0.25) is 0 Å². The lowest BCUT2D eigenvalue weighted by Gasteiger charge is -2.11. The van der Waals surface area contributed by atoms with Crippen LogP contribution in [-0.2, 0) is 17.7 Å². The summed E-state index contributed by atoms with van der Waals surface area (Å²) in [6.07, 6.45) is 0.948. The standard InChI is InChI=1S/C14H17NOS/c1-16-8-6-13-4-2-3-5-14(13)15-10-12-7-9-17-11-12/h2-5,7,9,11,15H,6,8,10H2,1H3. The summed E-state index contributed by atoms with van der Waals surface area (Å²) in [6.45, 7) is 1.64. The van der Waals surface area contributed by atoms with Gasteiger partial charge in [-0.2, -0.15) is 11.3 Å². The second kappa shape index (κ2) is 6.42. The molecule has 2 aromatic rings. The predicted molar refractivity (Wildman–Crippen MR) is 73.7 cm³/mol. The van der Waals surface area contributed by atoms with Gasteiger partial charge in [0.05, 0.1) is 6.61 Å². The minimum Gasteiger partial charge on any atom is -0.384 e. The molecule has 0 aliphatic rings. The van der Waals surface area contributed by atoms with E-state index >= 15 is 0 Å². The van der Waals surface area contributed by atoms with Gasteiger partial charge in [0, 0.05) is 19.3 Å². The van der Waals surface area contributed by atoms with Crippen molar-refractivity contribution in [1.82, 2.24) is 0 Å². The van der Waals surface area contributed by atoms with Gasteiger partial charge in [-0.1, -0.05) is 18.2 Å². The van der Waals surface area contributed by atoms with E-state index in [2.05, 4.69) is 46.4 Å². The van der Waals surface area contributed by atoms with E-state index in [1.165, 1.54) is 16.8 Å². The van der Waals surface area contributed by atoms with E-state index in [1.54, 1.807) is 18.4 Å². The van der Waals surface area contributed by atoms with Crippen molar-refractivity contribution in [2.24, 2.45) is 0 Å². The summed E-state index contributed by atoms with van der Waals surface area (Å²) >= 11 is 1.73. The molecule has 1 aromatic carbocycles. The molecular weight excluding hydrogens is 230 g/mol. The van der Waals surface area contributed by atoms with Crippen molar-refractivity contribution < 1.29 is 4.74 Å². The first kappa shape index (κ1) is 12.1. The maximum absolute atomic E-state index is 5.13. The van der Waals surface area contributed by atoms with Crippen molar-refractivity contribution in [3.8, 4) is 0 Å². The van der Waals surface area contributed by atoms with Crippen molar-refractivity contribution >= 4 is 17.0 Å². The van der Waals surface area contributed by atoms with Crippen molar-refractivity contribution in [2.45, 2.75) is 13.0 Å². The Morgan fingerprint density at radius 2 is 2.12 bits per heavy atom. The fourth-order valence-corrected chi connectivity index (χ4v) is 2.38. The third-order valence-electron chi connectivity index (χ3n) is 2.66. The minimum atomic E-state index is 0.761. The minimum absolute atomic E-state index is 0.761. The largest absolute Gasteiger partial charge is 0.384 e. The van der Waals surface area contributed by atoms with E-state index in [4.69, 9.17) is 4.74 Å². The molecule has 1 aromatic heterocycles. The number of hydrogen-bond donors (Lipinski definition) is 1. The van der Waals surface area contributed by atoms with Gasteiger partial charge >= 0.3 is 0 Å². The Balaban J connectivity index is 1.99. The Hall–Kier alpha value is -1.32. The Morgan fingerprint density at radius 3 is 2.88 bits per heavy atom. The van der Waals surface area contributed by atoms with E-state index in [9.17, 15) is 0 Å². The van der Waals surface area contributed by atoms with E-state index in [1.807, 2.05) is 0 Å². The fraction of sp³-hybridized carbons (Fsp3) is 0.286.